The molecule has 0 saturated heterocycles. The van der Waals surface area contributed by atoms with E-state index in [0.717, 1.165) is 17.7 Å². The van der Waals surface area contributed by atoms with E-state index in [4.69, 9.17) is 0 Å². The number of carbonyl (C=O) groups excluding carboxylic acids is 2. The molecule has 1 atom stereocenters. The van der Waals surface area contributed by atoms with E-state index in [-0.39, 0.29) is 11.8 Å². The second-order valence-electron chi connectivity index (χ2n) is 7.96. The number of nitrogens with one attached hydrogen (secondary N) is 1. The lowest BCUT2D eigenvalue weighted by Crippen LogP contribution is -2.48. The highest BCUT2D eigenvalue weighted by molar-refractivity contribution is 7.99. The van der Waals surface area contributed by atoms with Crippen LogP contribution in [-0.2, 0) is 21.9 Å². The SMILES string of the molecule is CCCNC(=O)C(C)N(Cc1ccc(C)cc1)C(=O)CSCc1cc(C)cc(C)c1. The quantitative estimate of drug-likeness (QED) is 0.594. The summed E-state index contributed by atoms with van der Waals surface area (Å²) in [6.45, 7) is 11.1. The Balaban J connectivity index is 2.06. The molecule has 2 rings (SSSR count). The Kier molecular flexibility index (Phi) is 9.44. The van der Waals surface area contributed by atoms with Gasteiger partial charge in [-0.3, -0.25) is 9.59 Å². The van der Waals surface area contributed by atoms with Crippen molar-refractivity contribution in [3.63, 3.8) is 0 Å². The number of hydrogen-bond acceptors (Lipinski definition) is 3. The maximum absolute atomic E-state index is 13.1. The molecule has 4 nitrogen and oxygen atoms in total. The van der Waals surface area contributed by atoms with Gasteiger partial charge in [0.25, 0.3) is 0 Å². The molecular formula is C25H34N2O2S. The fraction of sp³-hybridized carbons (Fsp3) is 0.440. The molecule has 30 heavy (non-hydrogen) atoms. The minimum absolute atomic E-state index is 0.0101. The van der Waals surface area contributed by atoms with Gasteiger partial charge in [0.15, 0.2) is 0 Å². The first-order chi connectivity index (χ1) is 14.3. The van der Waals surface area contributed by atoms with Crippen molar-refractivity contribution in [2.24, 2.45) is 0 Å². The van der Waals surface area contributed by atoms with Crippen molar-refractivity contribution in [3.05, 3.63) is 70.3 Å². The number of benzene rings is 2. The number of thioether (sulfide) groups is 1. The van der Waals surface area contributed by atoms with Gasteiger partial charge in [0, 0.05) is 18.8 Å². The molecule has 0 saturated carbocycles. The number of hydrogen-bond donors (Lipinski definition) is 1. The predicted molar refractivity (Wildman–Crippen MR) is 127 cm³/mol. The number of carbonyl (C=O) groups is 2. The van der Waals surface area contributed by atoms with Crippen LogP contribution in [0.15, 0.2) is 42.5 Å². The average molecular weight is 427 g/mol. The van der Waals surface area contributed by atoms with Gasteiger partial charge in [0.1, 0.15) is 6.04 Å². The summed E-state index contributed by atoms with van der Waals surface area (Å²) < 4.78 is 0. The maximum atomic E-state index is 13.1. The first-order valence-corrected chi connectivity index (χ1v) is 11.7. The van der Waals surface area contributed by atoms with Gasteiger partial charge < -0.3 is 10.2 Å². The second-order valence-corrected chi connectivity index (χ2v) is 8.95. The van der Waals surface area contributed by atoms with E-state index in [2.05, 4.69) is 37.4 Å². The molecule has 0 aliphatic carbocycles. The van der Waals surface area contributed by atoms with E-state index in [1.165, 1.54) is 22.3 Å². The third-order valence-corrected chi connectivity index (χ3v) is 5.95. The Morgan fingerprint density at radius 1 is 0.967 bits per heavy atom. The predicted octanol–water partition coefficient (Wildman–Crippen LogP) is 4.79. The molecule has 0 fully saturated rings. The number of rotatable bonds is 10. The largest absolute Gasteiger partial charge is 0.354 e. The number of amides is 2. The second kappa shape index (κ2) is 11.8. The van der Waals surface area contributed by atoms with Gasteiger partial charge in [0.2, 0.25) is 11.8 Å². The van der Waals surface area contributed by atoms with Crippen molar-refractivity contribution < 1.29 is 9.59 Å². The Hall–Kier alpha value is -2.27. The molecule has 0 aromatic heterocycles. The minimum Gasteiger partial charge on any atom is -0.354 e. The van der Waals surface area contributed by atoms with Crippen LogP contribution in [0, 0.1) is 20.8 Å². The van der Waals surface area contributed by atoms with E-state index in [1.54, 1.807) is 16.7 Å². The van der Waals surface area contributed by atoms with E-state index < -0.39 is 6.04 Å². The molecule has 0 heterocycles. The zero-order chi connectivity index (χ0) is 22.1. The Bertz CT molecular complexity index is 828. The van der Waals surface area contributed by atoms with Gasteiger partial charge in [0.05, 0.1) is 5.75 Å². The van der Waals surface area contributed by atoms with Crippen LogP contribution < -0.4 is 5.32 Å². The summed E-state index contributed by atoms with van der Waals surface area (Å²) >= 11 is 1.60. The summed E-state index contributed by atoms with van der Waals surface area (Å²) in [6, 6.07) is 14.1. The van der Waals surface area contributed by atoms with E-state index in [9.17, 15) is 9.59 Å². The molecule has 2 aromatic carbocycles. The highest BCUT2D eigenvalue weighted by atomic mass is 32.2. The lowest BCUT2D eigenvalue weighted by Gasteiger charge is -2.29. The number of nitrogens with zero attached hydrogens (tertiary/aromatic N) is 1. The third-order valence-electron chi connectivity index (χ3n) is 4.97. The third kappa shape index (κ3) is 7.52. The lowest BCUT2D eigenvalue weighted by atomic mass is 10.1. The summed E-state index contributed by atoms with van der Waals surface area (Å²) in [4.78, 5) is 27.3. The van der Waals surface area contributed by atoms with Crippen molar-refractivity contribution in [2.45, 2.75) is 59.4 Å². The normalized spacial score (nSPS) is 11.8. The van der Waals surface area contributed by atoms with E-state index in [0.29, 0.717) is 18.8 Å². The Morgan fingerprint density at radius 3 is 2.20 bits per heavy atom. The van der Waals surface area contributed by atoms with Crippen molar-refractivity contribution in [3.8, 4) is 0 Å². The van der Waals surface area contributed by atoms with Gasteiger partial charge >= 0.3 is 0 Å². The Labute approximate surface area is 185 Å². The van der Waals surface area contributed by atoms with Crippen LogP contribution in [-0.4, -0.2) is 35.1 Å². The van der Waals surface area contributed by atoms with Crippen LogP contribution >= 0.6 is 11.8 Å². The molecule has 5 heteroatoms. The molecule has 0 aliphatic heterocycles. The standard InChI is InChI=1S/C25H34N2O2S/c1-6-11-26-25(29)21(5)27(15-22-9-7-18(2)8-10-22)24(28)17-30-16-23-13-19(3)12-20(4)14-23/h7-10,12-14,21H,6,11,15-17H2,1-5H3,(H,26,29). The van der Waals surface area contributed by atoms with Crippen LogP contribution in [0.4, 0.5) is 0 Å². The van der Waals surface area contributed by atoms with Crippen LogP contribution in [0.5, 0.6) is 0 Å². The zero-order valence-electron chi connectivity index (χ0n) is 18.8. The van der Waals surface area contributed by atoms with Crippen LogP contribution in [0.3, 0.4) is 0 Å². The first-order valence-electron chi connectivity index (χ1n) is 10.6. The molecule has 0 bridgehead atoms. The molecule has 0 spiro atoms. The first kappa shape index (κ1) is 24.0. The zero-order valence-corrected chi connectivity index (χ0v) is 19.6. The summed E-state index contributed by atoms with van der Waals surface area (Å²) in [5.74, 6) is 1.02. The fourth-order valence-electron chi connectivity index (χ4n) is 3.36. The van der Waals surface area contributed by atoms with Gasteiger partial charge in [-0.15, -0.1) is 11.8 Å². The molecule has 1 N–H and O–H groups in total. The maximum Gasteiger partial charge on any atom is 0.242 e. The fourth-order valence-corrected chi connectivity index (χ4v) is 4.21. The van der Waals surface area contributed by atoms with Crippen molar-refractivity contribution in [2.75, 3.05) is 12.3 Å². The highest BCUT2D eigenvalue weighted by Gasteiger charge is 2.25. The molecule has 162 valence electrons. The molecule has 0 aliphatic rings. The minimum atomic E-state index is -0.507. The monoisotopic (exact) mass is 426 g/mol. The van der Waals surface area contributed by atoms with Gasteiger partial charge in [-0.2, -0.15) is 0 Å². The highest BCUT2D eigenvalue weighted by Crippen LogP contribution is 2.18. The topological polar surface area (TPSA) is 49.4 Å². The van der Waals surface area contributed by atoms with Crippen molar-refractivity contribution in [1.82, 2.24) is 10.2 Å². The number of aryl methyl sites for hydroxylation is 3. The summed E-state index contributed by atoms with van der Waals surface area (Å²) in [7, 11) is 0. The van der Waals surface area contributed by atoms with Gasteiger partial charge in [-0.1, -0.05) is 66.1 Å². The van der Waals surface area contributed by atoms with E-state index in [1.807, 2.05) is 45.0 Å². The molecule has 1 unspecified atom stereocenters. The molecular weight excluding hydrogens is 392 g/mol. The summed E-state index contributed by atoms with van der Waals surface area (Å²) in [5, 5.41) is 2.92. The van der Waals surface area contributed by atoms with Crippen LogP contribution in [0.1, 0.15) is 48.1 Å². The molecule has 2 aromatic rings. The molecule has 0 radical (unpaired) electrons. The van der Waals surface area contributed by atoms with Crippen molar-refractivity contribution in [1.29, 1.82) is 0 Å². The lowest BCUT2D eigenvalue weighted by molar-refractivity contribution is -0.138. The summed E-state index contributed by atoms with van der Waals surface area (Å²) in [5.41, 5.74) is 5.90. The van der Waals surface area contributed by atoms with Gasteiger partial charge in [-0.05, 0) is 45.2 Å². The van der Waals surface area contributed by atoms with Crippen LogP contribution in [0.25, 0.3) is 0 Å². The van der Waals surface area contributed by atoms with Crippen molar-refractivity contribution >= 4 is 23.6 Å². The molecule has 2 amide bonds. The van der Waals surface area contributed by atoms with Gasteiger partial charge in [-0.25, -0.2) is 0 Å². The van der Waals surface area contributed by atoms with Crippen LogP contribution in [0.2, 0.25) is 0 Å². The summed E-state index contributed by atoms with van der Waals surface area (Å²) in [6.07, 6.45) is 0.871. The smallest absolute Gasteiger partial charge is 0.242 e. The Morgan fingerprint density at radius 2 is 1.60 bits per heavy atom. The average Bonchev–Trinajstić information content (AvgIpc) is 2.70. The van der Waals surface area contributed by atoms with E-state index >= 15 is 0 Å².